The lowest BCUT2D eigenvalue weighted by Crippen LogP contribution is -2.26. The Kier molecular flexibility index (Phi) is 5.25. The first-order valence-corrected chi connectivity index (χ1v) is 5.52. The Balaban J connectivity index is 2.78. The number of nitrogens with one attached hydrogen (secondary N) is 1. The van der Waals surface area contributed by atoms with Gasteiger partial charge in [0, 0.05) is 5.56 Å². The molecular weight excluding hydrogens is 269 g/mol. The molecule has 1 aromatic carbocycles. The Morgan fingerprint density at radius 3 is 2.37 bits per heavy atom. The predicted octanol–water partition coefficient (Wildman–Crippen LogP) is 3.11. The SMILES string of the molecule is CNC(COCC(F)(F)F)c1ccc(C)c(F)c1F. The fourth-order valence-electron chi connectivity index (χ4n) is 1.55. The smallest absolute Gasteiger partial charge is 0.370 e. The van der Waals surface area contributed by atoms with Gasteiger partial charge in [0.25, 0.3) is 0 Å². The van der Waals surface area contributed by atoms with Crippen molar-refractivity contribution in [3.8, 4) is 0 Å². The van der Waals surface area contributed by atoms with Gasteiger partial charge in [-0.3, -0.25) is 0 Å². The van der Waals surface area contributed by atoms with E-state index >= 15 is 0 Å². The van der Waals surface area contributed by atoms with E-state index in [-0.39, 0.29) is 11.1 Å². The van der Waals surface area contributed by atoms with E-state index in [1.54, 1.807) is 0 Å². The van der Waals surface area contributed by atoms with Crippen LogP contribution in [0.15, 0.2) is 12.1 Å². The van der Waals surface area contributed by atoms with Gasteiger partial charge in [-0.1, -0.05) is 12.1 Å². The van der Waals surface area contributed by atoms with Crippen LogP contribution in [0.3, 0.4) is 0 Å². The molecule has 108 valence electrons. The molecule has 0 aliphatic heterocycles. The first kappa shape index (κ1) is 15.8. The van der Waals surface area contributed by atoms with Gasteiger partial charge >= 0.3 is 6.18 Å². The Hall–Kier alpha value is -1.21. The molecule has 1 rings (SSSR count). The van der Waals surface area contributed by atoms with Crippen LogP contribution in [-0.4, -0.2) is 26.4 Å². The van der Waals surface area contributed by atoms with Gasteiger partial charge in [0.1, 0.15) is 6.61 Å². The summed E-state index contributed by atoms with van der Waals surface area (Å²) >= 11 is 0. The molecule has 1 aromatic rings. The molecule has 0 heterocycles. The molecule has 1 unspecified atom stereocenters. The van der Waals surface area contributed by atoms with Crippen molar-refractivity contribution < 1.29 is 26.7 Å². The summed E-state index contributed by atoms with van der Waals surface area (Å²) in [5.41, 5.74) is 0.0695. The normalized spacial score (nSPS) is 13.6. The maximum Gasteiger partial charge on any atom is 0.411 e. The van der Waals surface area contributed by atoms with Crippen LogP contribution < -0.4 is 5.32 Å². The highest BCUT2D eigenvalue weighted by molar-refractivity contribution is 5.27. The van der Waals surface area contributed by atoms with Gasteiger partial charge in [0.15, 0.2) is 11.6 Å². The van der Waals surface area contributed by atoms with Gasteiger partial charge in [-0.2, -0.15) is 13.2 Å². The minimum atomic E-state index is -4.45. The molecule has 7 heteroatoms. The summed E-state index contributed by atoms with van der Waals surface area (Å²) in [7, 11) is 1.43. The zero-order chi connectivity index (χ0) is 14.6. The lowest BCUT2D eigenvalue weighted by atomic mass is 10.0. The number of halogens is 5. The summed E-state index contributed by atoms with van der Waals surface area (Å²) in [5, 5.41) is 2.59. The van der Waals surface area contributed by atoms with Gasteiger partial charge in [-0.15, -0.1) is 0 Å². The zero-order valence-corrected chi connectivity index (χ0v) is 10.4. The Labute approximate surface area is 107 Å². The Morgan fingerprint density at radius 1 is 1.21 bits per heavy atom. The molecule has 1 atom stereocenters. The van der Waals surface area contributed by atoms with E-state index in [2.05, 4.69) is 10.1 Å². The lowest BCUT2D eigenvalue weighted by molar-refractivity contribution is -0.175. The summed E-state index contributed by atoms with van der Waals surface area (Å²) in [6.07, 6.45) is -4.45. The van der Waals surface area contributed by atoms with Crippen molar-refractivity contribution >= 4 is 0 Å². The van der Waals surface area contributed by atoms with E-state index < -0.39 is 37.1 Å². The average Bonchev–Trinajstić information content (AvgIpc) is 2.32. The Bertz CT molecular complexity index is 433. The topological polar surface area (TPSA) is 21.3 Å². The first-order valence-electron chi connectivity index (χ1n) is 5.52. The Morgan fingerprint density at radius 2 is 1.84 bits per heavy atom. The fourth-order valence-corrected chi connectivity index (χ4v) is 1.55. The molecule has 0 aliphatic carbocycles. The second-order valence-corrected chi connectivity index (χ2v) is 4.07. The maximum atomic E-state index is 13.7. The molecule has 0 saturated carbocycles. The van der Waals surface area contributed by atoms with Gasteiger partial charge in [0.05, 0.1) is 12.6 Å². The standard InChI is InChI=1S/C12H14F5NO/c1-7-3-4-8(11(14)10(7)13)9(18-2)5-19-6-12(15,16)17/h3-4,9,18H,5-6H2,1-2H3. The first-order chi connectivity index (χ1) is 8.76. The van der Waals surface area contributed by atoms with E-state index in [0.29, 0.717) is 0 Å². The van der Waals surface area contributed by atoms with Gasteiger partial charge in [-0.25, -0.2) is 8.78 Å². The fraction of sp³-hybridized carbons (Fsp3) is 0.500. The molecule has 0 aliphatic rings. The quantitative estimate of drug-likeness (QED) is 0.838. The largest absolute Gasteiger partial charge is 0.411 e. The number of benzene rings is 1. The second kappa shape index (κ2) is 6.29. The van der Waals surface area contributed by atoms with Crippen LogP contribution in [0.2, 0.25) is 0 Å². The van der Waals surface area contributed by atoms with Crippen LogP contribution >= 0.6 is 0 Å². The molecule has 0 bridgehead atoms. The van der Waals surface area contributed by atoms with Crippen LogP contribution in [0.25, 0.3) is 0 Å². The summed E-state index contributed by atoms with van der Waals surface area (Å²) in [4.78, 5) is 0. The van der Waals surface area contributed by atoms with E-state index in [9.17, 15) is 22.0 Å². The van der Waals surface area contributed by atoms with Crippen LogP contribution in [0, 0.1) is 18.6 Å². The predicted molar refractivity (Wildman–Crippen MR) is 59.8 cm³/mol. The lowest BCUT2D eigenvalue weighted by Gasteiger charge is -2.18. The van der Waals surface area contributed by atoms with Crippen molar-refractivity contribution in [2.24, 2.45) is 0 Å². The van der Waals surface area contributed by atoms with Crippen molar-refractivity contribution in [2.45, 2.75) is 19.1 Å². The average molecular weight is 283 g/mol. The van der Waals surface area contributed by atoms with E-state index in [4.69, 9.17) is 0 Å². The monoisotopic (exact) mass is 283 g/mol. The van der Waals surface area contributed by atoms with Gasteiger partial charge in [0.2, 0.25) is 0 Å². The van der Waals surface area contributed by atoms with Crippen LogP contribution in [0.5, 0.6) is 0 Å². The van der Waals surface area contributed by atoms with Crippen LogP contribution in [-0.2, 0) is 4.74 Å². The highest BCUT2D eigenvalue weighted by Crippen LogP contribution is 2.23. The minimum Gasteiger partial charge on any atom is -0.370 e. The van der Waals surface area contributed by atoms with Gasteiger partial charge in [-0.05, 0) is 19.5 Å². The van der Waals surface area contributed by atoms with E-state index in [1.807, 2.05) is 0 Å². The molecule has 0 spiro atoms. The molecule has 0 fully saturated rings. The van der Waals surface area contributed by atoms with Crippen molar-refractivity contribution in [3.63, 3.8) is 0 Å². The highest BCUT2D eigenvalue weighted by atomic mass is 19.4. The third-order valence-electron chi connectivity index (χ3n) is 2.58. The highest BCUT2D eigenvalue weighted by Gasteiger charge is 2.28. The third-order valence-corrected chi connectivity index (χ3v) is 2.58. The maximum absolute atomic E-state index is 13.7. The number of rotatable bonds is 5. The van der Waals surface area contributed by atoms with E-state index in [0.717, 1.165) is 0 Å². The molecule has 0 amide bonds. The number of ether oxygens (including phenoxy) is 1. The van der Waals surface area contributed by atoms with Gasteiger partial charge < -0.3 is 10.1 Å². The van der Waals surface area contributed by atoms with Crippen LogP contribution in [0.4, 0.5) is 22.0 Å². The zero-order valence-electron chi connectivity index (χ0n) is 10.4. The summed E-state index contributed by atoms with van der Waals surface area (Å²) < 4.78 is 67.3. The molecule has 2 nitrogen and oxygen atoms in total. The molecule has 0 radical (unpaired) electrons. The summed E-state index contributed by atoms with van der Waals surface area (Å²) in [5.74, 6) is -2.08. The number of hydrogen-bond acceptors (Lipinski definition) is 2. The summed E-state index contributed by atoms with van der Waals surface area (Å²) in [6.45, 7) is -0.437. The van der Waals surface area contributed by atoms with E-state index in [1.165, 1.54) is 26.1 Å². The third kappa shape index (κ3) is 4.43. The molecule has 0 aromatic heterocycles. The summed E-state index contributed by atoms with van der Waals surface area (Å²) in [6, 6.07) is 1.84. The minimum absolute atomic E-state index is 0.0622. The molecule has 1 N–H and O–H groups in total. The van der Waals surface area contributed by atoms with Crippen molar-refractivity contribution in [1.82, 2.24) is 5.32 Å². The van der Waals surface area contributed by atoms with Crippen molar-refractivity contribution in [2.75, 3.05) is 20.3 Å². The number of aryl methyl sites for hydroxylation is 1. The number of hydrogen-bond donors (Lipinski definition) is 1. The van der Waals surface area contributed by atoms with Crippen LogP contribution in [0.1, 0.15) is 17.2 Å². The molecule has 0 saturated heterocycles. The van der Waals surface area contributed by atoms with Crippen molar-refractivity contribution in [3.05, 3.63) is 34.9 Å². The number of likely N-dealkylation sites (N-methyl/N-ethyl adjacent to an activating group) is 1. The number of alkyl halides is 3. The molecule has 19 heavy (non-hydrogen) atoms. The second-order valence-electron chi connectivity index (χ2n) is 4.07. The molecular formula is C12H14F5NO. The van der Waals surface area contributed by atoms with Crippen molar-refractivity contribution in [1.29, 1.82) is 0 Å².